The highest BCUT2D eigenvalue weighted by Crippen LogP contribution is 2.28. The van der Waals surface area contributed by atoms with Crippen molar-refractivity contribution in [3.63, 3.8) is 0 Å². The van der Waals surface area contributed by atoms with Crippen LogP contribution in [0.5, 0.6) is 0 Å². The van der Waals surface area contributed by atoms with Crippen molar-refractivity contribution in [2.75, 3.05) is 25.0 Å². The Labute approximate surface area is 116 Å². The van der Waals surface area contributed by atoms with E-state index in [-0.39, 0.29) is 6.10 Å². The number of anilines is 1. The van der Waals surface area contributed by atoms with Crippen molar-refractivity contribution in [2.45, 2.75) is 26.0 Å². The molecule has 2 aromatic heterocycles. The van der Waals surface area contributed by atoms with Gasteiger partial charge in [0.1, 0.15) is 0 Å². The molecule has 5 nitrogen and oxygen atoms in total. The lowest BCUT2D eigenvalue weighted by Crippen LogP contribution is -2.43. The number of aliphatic hydroxyl groups excluding tert-OH is 1. The molecule has 2 aromatic rings. The summed E-state index contributed by atoms with van der Waals surface area (Å²) in [6.07, 6.45) is 2.83. The summed E-state index contributed by atoms with van der Waals surface area (Å²) in [5, 5.41) is 15.3. The van der Waals surface area contributed by atoms with E-state index in [2.05, 4.69) is 33.1 Å². The maximum Gasteiger partial charge on any atom is 0.195 e. The van der Waals surface area contributed by atoms with Crippen LogP contribution in [-0.2, 0) is 6.54 Å². The number of thiazole rings is 1. The first-order valence-corrected chi connectivity index (χ1v) is 7.60. The first-order chi connectivity index (χ1) is 9.20. The lowest BCUT2D eigenvalue weighted by atomic mass is 9.96. The number of hydrogen-bond acceptors (Lipinski definition) is 5. The Balaban J connectivity index is 1.95. The average molecular weight is 280 g/mol. The molecule has 6 heteroatoms. The van der Waals surface area contributed by atoms with Gasteiger partial charge < -0.3 is 15.3 Å². The Kier molecular flexibility index (Phi) is 3.47. The molecule has 3 rings (SSSR count). The van der Waals surface area contributed by atoms with E-state index in [4.69, 9.17) is 4.98 Å². The van der Waals surface area contributed by atoms with E-state index in [1.54, 1.807) is 11.3 Å². The summed E-state index contributed by atoms with van der Waals surface area (Å²) in [6.45, 7) is 4.56. The number of piperidine rings is 1. The standard InChI is InChI=1S/C13H20N4OS/c1-9-3-4-16(8-11(9)18)12-10(7-14-2)17-5-6-19-13(17)15-12/h5-6,9,11,14,18H,3-4,7-8H2,1-2H3. The zero-order chi connectivity index (χ0) is 13.4. The number of aliphatic hydroxyl groups is 1. The quantitative estimate of drug-likeness (QED) is 0.890. The molecule has 1 saturated heterocycles. The van der Waals surface area contributed by atoms with Crippen LogP contribution in [0.3, 0.4) is 0 Å². The predicted molar refractivity (Wildman–Crippen MR) is 77.8 cm³/mol. The van der Waals surface area contributed by atoms with Crippen LogP contribution in [0.2, 0.25) is 0 Å². The third-order valence-electron chi connectivity index (χ3n) is 3.90. The van der Waals surface area contributed by atoms with Gasteiger partial charge in [-0.1, -0.05) is 6.92 Å². The second-order valence-corrected chi connectivity index (χ2v) is 6.12. The van der Waals surface area contributed by atoms with Crippen LogP contribution in [0.15, 0.2) is 11.6 Å². The first-order valence-electron chi connectivity index (χ1n) is 6.72. The van der Waals surface area contributed by atoms with Crippen LogP contribution in [0.4, 0.5) is 5.82 Å². The molecular formula is C13H20N4OS. The van der Waals surface area contributed by atoms with E-state index < -0.39 is 0 Å². The number of hydrogen-bond donors (Lipinski definition) is 2. The third kappa shape index (κ3) is 2.24. The lowest BCUT2D eigenvalue weighted by Gasteiger charge is -2.35. The molecule has 2 atom stereocenters. The average Bonchev–Trinajstić information content (AvgIpc) is 2.96. The van der Waals surface area contributed by atoms with Crippen molar-refractivity contribution in [3.05, 3.63) is 17.3 Å². The highest BCUT2D eigenvalue weighted by Gasteiger charge is 2.27. The molecule has 19 heavy (non-hydrogen) atoms. The highest BCUT2D eigenvalue weighted by molar-refractivity contribution is 7.15. The minimum atomic E-state index is -0.254. The fraction of sp³-hybridized carbons (Fsp3) is 0.615. The van der Waals surface area contributed by atoms with Gasteiger partial charge in [-0.2, -0.15) is 0 Å². The molecule has 2 N–H and O–H groups in total. The number of aromatic nitrogens is 2. The van der Waals surface area contributed by atoms with E-state index in [0.717, 1.165) is 30.3 Å². The van der Waals surface area contributed by atoms with Crippen molar-refractivity contribution in [1.82, 2.24) is 14.7 Å². The van der Waals surface area contributed by atoms with Crippen LogP contribution in [0.25, 0.3) is 4.96 Å². The van der Waals surface area contributed by atoms with E-state index >= 15 is 0 Å². The highest BCUT2D eigenvalue weighted by atomic mass is 32.1. The largest absolute Gasteiger partial charge is 0.391 e. The SMILES string of the molecule is CNCc1c(N2CCC(C)C(O)C2)nc2sccn12. The summed E-state index contributed by atoms with van der Waals surface area (Å²) in [7, 11) is 1.95. The van der Waals surface area contributed by atoms with Crippen molar-refractivity contribution in [3.8, 4) is 0 Å². The fourth-order valence-electron chi connectivity index (χ4n) is 2.65. The normalized spacial score (nSPS) is 24.3. The summed E-state index contributed by atoms with van der Waals surface area (Å²) in [4.78, 5) is 7.97. The molecule has 0 bridgehead atoms. The van der Waals surface area contributed by atoms with Crippen LogP contribution in [0, 0.1) is 5.92 Å². The molecule has 0 amide bonds. The van der Waals surface area contributed by atoms with Crippen molar-refractivity contribution >= 4 is 22.1 Å². The minimum absolute atomic E-state index is 0.254. The Morgan fingerprint density at radius 1 is 1.58 bits per heavy atom. The molecule has 2 unspecified atom stereocenters. The number of imidazole rings is 1. The first kappa shape index (κ1) is 12.9. The van der Waals surface area contributed by atoms with Gasteiger partial charge in [0, 0.05) is 31.2 Å². The summed E-state index contributed by atoms with van der Waals surface area (Å²) in [5.41, 5.74) is 1.18. The number of fused-ring (bicyclic) bond motifs is 1. The smallest absolute Gasteiger partial charge is 0.195 e. The minimum Gasteiger partial charge on any atom is -0.391 e. The molecule has 1 aliphatic heterocycles. The maximum atomic E-state index is 10.1. The van der Waals surface area contributed by atoms with Crippen LogP contribution in [0.1, 0.15) is 19.0 Å². The zero-order valence-electron chi connectivity index (χ0n) is 11.3. The van der Waals surface area contributed by atoms with E-state index in [1.807, 2.05) is 7.05 Å². The summed E-state index contributed by atoms with van der Waals surface area (Å²) >= 11 is 1.65. The van der Waals surface area contributed by atoms with E-state index in [1.165, 1.54) is 5.69 Å². The molecule has 0 spiro atoms. The topological polar surface area (TPSA) is 52.8 Å². The van der Waals surface area contributed by atoms with Crippen LogP contribution in [-0.4, -0.2) is 40.7 Å². The van der Waals surface area contributed by atoms with Gasteiger partial charge in [-0.15, -0.1) is 11.3 Å². The predicted octanol–water partition coefficient (Wildman–Crippen LogP) is 1.32. The summed E-state index contributed by atoms with van der Waals surface area (Å²) in [5.74, 6) is 1.40. The van der Waals surface area contributed by atoms with Gasteiger partial charge >= 0.3 is 0 Å². The Bertz CT molecular complexity index is 564. The third-order valence-corrected chi connectivity index (χ3v) is 4.66. The molecule has 0 saturated carbocycles. The van der Waals surface area contributed by atoms with Gasteiger partial charge in [0.05, 0.1) is 11.8 Å². The Hall–Kier alpha value is -1.11. The molecule has 0 radical (unpaired) electrons. The van der Waals surface area contributed by atoms with Gasteiger partial charge in [0.25, 0.3) is 0 Å². The van der Waals surface area contributed by atoms with Crippen molar-refractivity contribution in [2.24, 2.45) is 5.92 Å². The van der Waals surface area contributed by atoms with Gasteiger partial charge in [0.2, 0.25) is 0 Å². The van der Waals surface area contributed by atoms with Gasteiger partial charge in [0.15, 0.2) is 10.8 Å². The Morgan fingerprint density at radius 3 is 3.16 bits per heavy atom. The Morgan fingerprint density at radius 2 is 2.42 bits per heavy atom. The molecule has 104 valence electrons. The van der Waals surface area contributed by atoms with Crippen LogP contribution >= 0.6 is 11.3 Å². The zero-order valence-corrected chi connectivity index (χ0v) is 12.2. The number of nitrogens with zero attached hydrogens (tertiary/aromatic N) is 3. The number of rotatable bonds is 3. The summed E-state index contributed by atoms with van der Waals surface area (Å²) < 4.78 is 2.14. The van der Waals surface area contributed by atoms with Crippen molar-refractivity contribution in [1.29, 1.82) is 0 Å². The molecule has 1 fully saturated rings. The fourth-order valence-corrected chi connectivity index (χ4v) is 3.38. The maximum absolute atomic E-state index is 10.1. The van der Waals surface area contributed by atoms with Crippen molar-refractivity contribution < 1.29 is 5.11 Å². The molecule has 0 aliphatic carbocycles. The molecule has 0 aromatic carbocycles. The number of β-amino-alcohol motifs (C(OH)–C–C–N with tert-alkyl or cyclic N) is 1. The molecule has 3 heterocycles. The lowest BCUT2D eigenvalue weighted by molar-refractivity contribution is 0.102. The second-order valence-electron chi connectivity index (χ2n) is 5.25. The van der Waals surface area contributed by atoms with E-state index in [9.17, 15) is 5.11 Å². The summed E-state index contributed by atoms with van der Waals surface area (Å²) in [6, 6.07) is 0. The van der Waals surface area contributed by atoms with Gasteiger partial charge in [-0.05, 0) is 19.4 Å². The monoisotopic (exact) mass is 280 g/mol. The van der Waals surface area contributed by atoms with Gasteiger partial charge in [-0.25, -0.2) is 4.98 Å². The van der Waals surface area contributed by atoms with Gasteiger partial charge in [-0.3, -0.25) is 4.40 Å². The number of nitrogens with one attached hydrogen (secondary N) is 1. The van der Waals surface area contributed by atoms with E-state index in [0.29, 0.717) is 12.5 Å². The second kappa shape index (κ2) is 5.11. The molecular weight excluding hydrogens is 260 g/mol. The molecule has 1 aliphatic rings. The van der Waals surface area contributed by atoms with Crippen LogP contribution < -0.4 is 10.2 Å².